The van der Waals surface area contributed by atoms with Gasteiger partial charge in [-0.15, -0.1) is 0 Å². The van der Waals surface area contributed by atoms with Crippen molar-refractivity contribution in [3.8, 4) is 0 Å². The van der Waals surface area contributed by atoms with Gasteiger partial charge in [0, 0.05) is 48.6 Å². The van der Waals surface area contributed by atoms with Gasteiger partial charge in [0.15, 0.2) is 0 Å². The summed E-state index contributed by atoms with van der Waals surface area (Å²) in [5.41, 5.74) is 0.437. The first kappa shape index (κ1) is 15.7. The molecule has 130 valence electrons. The number of piperidine rings is 1. The Morgan fingerprint density at radius 3 is 2.38 bits per heavy atom. The van der Waals surface area contributed by atoms with Gasteiger partial charge in [0.1, 0.15) is 5.69 Å². The molecular weight excluding hydrogens is 304 g/mol. The summed E-state index contributed by atoms with van der Waals surface area (Å²) < 4.78 is 1.97. The molecule has 0 aromatic carbocycles. The number of fused-ring (bicyclic) bond motifs is 1. The maximum absolute atomic E-state index is 12.6. The minimum Gasteiger partial charge on any atom is -0.352 e. The molecule has 0 radical (unpaired) electrons. The van der Waals surface area contributed by atoms with Crippen molar-refractivity contribution in [3.05, 3.63) is 18.2 Å². The van der Waals surface area contributed by atoms with E-state index >= 15 is 0 Å². The average molecular weight is 330 g/mol. The number of aromatic nitrogens is 2. The van der Waals surface area contributed by atoms with Crippen LogP contribution in [0.5, 0.6) is 0 Å². The molecule has 1 N–H and O–H groups in total. The molecule has 3 fully saturated rings. The van der Waals surface area contributed by atoms with Gasteiger partial charge in [0.05, 0.1) is 6.33 Å². The van der Waals surface area contributed by atoms with E-state index in [1.807, 2.05) is 15.7 Å². The van der Waals surface area contributed by atoms with Gasteiger partial charge in [0.25, 0.3) is 5.91 Å². The van der Waals surface area contributed by atoms with Crippen LogP contribution in [0.1, 0.15) is 44.6 Å². The summed E-state index contributed by atoms with van der Waals surface area (Å²) in [6, 6.07) is 0.279. The normalized spacial score (nSPS) is 34.0. The first-order valence-electron chi connectivity index (χ1n) is 8.90. The van der Waals surface area contributed by atoms with E-state index in [0.717, 1.165) is 19.5 Å². The molecule has 0 bridgehead atoms. The number of rotatable bonds is 3. The van der Waals surface area contributed by atoms with Crippen molar-refractivity contribution >= 4 is 11.8 Å². The second kappa shape index (κ2) is 5.07. The number of hydrogen-bond donors (Lipinski definition) is 1. The van der Waals surface area contributed by atoms with Crippen molar-refractivity contribution < 1.29 is 9.59 Å². The van der Waals surface area contributed by atoms with Crippen LogP contribution in [0, 0.1) is 23.7 Å². The summed E-state index contributed by atoms with van der Waals surface area (Å²) in [5.74, 6) is 1.84. The van der Waals surface area contributed by atoms with Crippen LogP contribution in [0.25, 0.3) is 0 Å². The molecule has 4 rings (SSSR count). The predicted molar refractivity (Wildman–Crippen MR) is 89.3 cm³/mol. The molecule has 2 saturated carbocycles. The van der Waals surface area contributed by atoms with Gasteiger partial charge in [-0.25, -0.2) is 4.98 Å². The van der Waals surface area contributed by atoms with Crippen molar-refractivity contribution in [2.45, 2.75) is 45.7 Å². The van der Waals surface area contributed by atoms with Crippen LogP contribution in [-0.4, -0.2) is 45.4 Å². The number of hydrogen-bond acceptors (Lipinski definition) is 3. The number of nitrogens with zero attached hydrogens (tertiary/aromatic N) is 3. The van der Waals surface area contributed by atoms with Crippen LogP contribution < -0.4 is 5.32 Å². The number of carbonyl (C=O) groups is 2. The molecule has 1 aromatic heterocycles. The van der Waals surface area contributed by atoms with E-state index in [9.17, 15) is 9.59 Å². The highest BCUT2D eigenvalue weighted by Gasteiger charge is 2.58. The Morgan fingerprint density at radius 1 is 1.25 bits per heavy atom. The van der Waals surface area contributed by atoms with Crippen molar-refractivity contribution in [2.75, 3.05) is 13.1 Å². The van der Waals surface area contributed by atoms with Crippen LogP contribution in [-0.2, 0) is 10.3 Å². The minimum absolute atomic E-state index is 0.00564. The highest BCUT2D eigenvalue weighted by Crippen LogP contribution is 2.47. The number of nitrogens with one attached hydrogen (secondary N) is 1. The van der Waals surface area contributed by atoms with Crippen LogP contribution >= 0.6 is 0 Å². The van der Waals surface area contributed by atoms with Crippen molar-refractivity contribution in [1.82, 2.24) is 19.8 Å². The number of imidazole rings is 1. The number of carbonyl (C=O) groups excluding carboxylic acids is 2. The van der Waals surface area contributed by atoms with Crippen LogP contribution in [0.3, 0.4) is 0 Å². The van der Waals surface area contributed by atoms with Crippen LogP contribution in [0.4, 0.5) is 0 Å². The molecule has 1 aromatic rings. The third-order valence-electron chi connectivity index (χ3n) is 5.81. The lowest BCUT2D eigenvalue weighted by molar-refractivity contribution is -0.122. The van der Waals surface area contributed by atoms with E-state index in [1.54, 1.807) is 6.33 Å². The van der Waals surface area contributed by atoms with E-state index in [4.69, 9.17) is 0 Å². The molecular formula is C18H26N4O2. The van der Waals surface area contributed by atoms with Gasteiger partial charge >= 0.3 is 0 Å². The lowest BCUT2D eigenvalue weighted by atomic mass is 10.1. The topological polar surface area (TPSA) is 67.2 Å². The Bertz CT molecular complexity index is 677. The molecule has 24 heavy (non-hydrogen) atoms. The predicted octanol–water partition coefficient (Wildman–Crippen LogP) is 1.48. The Kier molecular flexibility index (Phi) is 3.31. The summed E-state index contributed by atoms with van der Waals surface area (Å²) in [6.07, 6.45) is 4.58. The standard InChI is InChI=1S/C18H26N4O2/c1-10-5-11(10)16(23)20-15-12-6-21(7-13(12)15)17(24)14-8-22(9-19-14)18(2,3)4/h8-13,15H,5-7H2,1-4H3,(H,20,23)/t10-,11-,12-,13+,15?/m0/s1. The monoisotopic (exact) mass is 330 g/mol. The van der Waals surface area contributed by atoms with Gasteiger partial charge in [0.2, 0.25) is 5.91 Å². The van der Waals surface area contributed by atoms with Crippen LogP contribution in [0.15, 0.2) is 12.5 Å². The third kappa shape index (κ3) is 2.62. The number of amides is 2. The molecule has 2 heterocycles. The summed E-state index contributed by atoms with van der Waals surface area (Å²) in [5, 5.41) is 3.17. The third-order valence-corrected chi connectivity index (χ3v) is 5.81. The molecule has 0 spiro atoms. The second-order valence-electron chi connectivity index (χ2n) is 8.73. The van der Waals surface area contributed by atoms with Crippen molar-refractivity contribution in [2.24, 2.45) is 23.7 Å². The molecule has 6 heteroatoms. The molecule has 1 unspecified atom stereocenters. The van der Waals surface area contributed by atoms with E-state index in [0.29, 0.717) is 23.4 Å². The van der Waals surface area contributed by atoms with Crippen molar-refractivity contribution in [3.63, 3.8) is 0 Å². The zero-order valence-corrected chi connectivity index (χ0v) is 14.8. The maximum atomic E-state index is 12.6. The second-order valence-corrected chi connectivity index (χ2v) is 8.73. The molecule has 1 saturated heterocycles. The van der Waals surface area contributed by atoms with Gasteiger partial charge in [-0.2, -0.15) is 0 Å². The highest BCUT2D eigenvalue weighted by atomic mass is 16.2. The molecule has 3 aliphatic rings. The quantitative estimate of drug-likeness (QED) is 0.913. The Hall–Kier alpha value is -1.85. The largest absolute Gasteiger partial charge is 0.352 e. The first-order chi connectivity index (χ1) is 11.3. The van der Waals surface area contributed by atoms with Gasteiger partial charge in [-0.05, 0) is 33.1 Å². The smallest absolute Gasteiger partial charge is 0.274 e. The van der Waals surface area contributed by atoms with E-state index in [1.165, 1.54) is 0 Å². The summed E-state index contributed by atoms with van der Waals surface area (Å²) in [6.45, 7) is 9.84. The molecule has 1 aliphatic heterocycles. The van der Waals surface area contributed by atoms with Gasteiger partial charge in [-0.3, -0.25) is 9.59 Å². The van der Waals surface area contributed by atoms with Gasteiger partial charge < -0.3 is 14.8 Å². The molecule has 5 atom stereocenters. The Morgan fingerprint density at radius 2 is 1.88 bits per heavy atom. The van der Waals surface area contributed by atoms with Gasteiger partial charge in [-0.1, -0.05) is 6.92 Å². The summed E-state index contributed by atoms with van der Waals surface area (Å²) in [4.78, 5) is 30.8. The SMILES string of the molecule is C[C@H]1C[C@@H]1C(=O)NC1[C@H]2CN(C(=O)c3cn(C(C)(C)C)cn3)C[C@@H]12. The summed E-state index contributed by atoms with van der Waals surface area (Å²) in [7, 11) is 0. The minimum atomic E-state index is -0.0754. The fraction of sp³-hybridized carbons (Fsp3) is 0.722. The Balaban J connectivity index is 1.32. The fourth-order valence-corrected chi connectivity index (χ4v) is 3.83. The zero-order chi connectivity index (χ0) is 17.2. The first-order valence-corrected chi connectivity index (χ1v) is 8.90. The highest BCUT2D eigenvalue weighted by molar-refractivity contribution is 5.92. The fourth-order valence-electron chi connectivity index (χ4n) is 3.83. The average Bonchev–Trinajstić information content (AvgIpc) is 3.20. The van der Waals surface area contributed by atoms with E-state index < -0.39 is 0 Å². The zero-order valence-electron chi connectivity index (χ0n) is 14.8. The van der Waals surface area contributed by atoms with E-state index in [2.05, 4.69) is 38.0 Å². The number of likely N-dealkylation sites (tertiary alicyclic amines) is 1. The van der Waals surface area contributed by atoms with Crippen LogP contribution in [0.2, 0.25) is 0 Å². The lowest BCUT2D eigenvalue weighted by Crippen LogP contribution is -2.38. The Labute approximate surface area is 142 Å². The van der Waals surface area contributed by atoms with Crippen molar-refractivity contribution in [1.29, 1.82) is 0 Å². The summed E-state index contributed by atoms with van der Waals surface area (Å²) >= 11 is 0. The van der Waals surface area contributed by atoms with E-state index in [-0.39, 0.29) is 29.3 Å². The molecule has 6 nitrogen and oxygen atoms in total. The lowest BCUT2D eigenvalue weighted by Gasteiger charge is -2.21. The molecule has 2 amide bonds. The maximum Gasteiger partial charge on any atom is 0.274 e. The molecule has 2 aliphatic carbocycles.